The Morgan fingerprint density at radius 1 is 1.16 bits per heavy atom. The zero-order valence-corrected chi connectivity index (χ0v) is 16.0. The van der Waals surface area contributed by atoms with Gasteiger partial charge in [-0.05, 0) is 18.1 Å². The fraction of sp³-hybridized carbons (Fsp3) is 0.579. The lowest BCUT2D eigenvalue weighted by Crippen LogP contribution is -2.38. The van der Waals surface area contributed by atoms with Crippen LogP contribution in [0, 0.1) is 5.92 Å². The lowest BCUT2D eigenvalue weighted by molar-refractivity contribution is -0.870. The molecule has 0 unspecified atom stereocenters. The van der Waals surface area contributed by atoms with Gasteiger partial charge in [0.15, 0.2) is 0 Å². The van der Waals surface area contributed by atoms with Crippen molar-refractivity contribution >= 4 is 11.9 Å². The Morgan fingerprint density at radius 3 is 2.48 bits per heavy atom. The molecule has 1 amide bonds. The van der Waals surface area contributed by atoms with E-state index in [1.807, 2.05) is 41.1 Å². The monoisotopic (exact) mass is 351 g/mol. The van der Waals surface area contributed by atoms with Crippen molar-refractivity contribution in [1.82, 2.24) is 5.32 Å². The molecule has 0 fully saturated rings. The van der Waals surface area contributed by atoms with Crippen LogP contribution in [0.1, 0.15) is 30.6 Å². The minimum atomic E-state index is -0.307. The van der Waals surface area contributed by atoms with Crippen LogP contribution in [-0.2, 0) is 9.53 Å². The number of benzene rings is 1. The highest BCUT2D eigenvalue weighted by Gasteiger charge is 2.13. The van der Waals surface area contributed by atoms with Crippen molar-refractivity contribution in [2.24, 2.45) is 5.92 Å². The second kappa shape index (κ2) is 10.0. The topological polar surface area (TPSA) is 64.6 Å². The third-order valence-electron chi connectivity index (χ3n) is 3.34. The molecule has 6 heteroatoms. The molecule has 0 spiro atoms. The molecule has 0 heterocycles. The van der Waals surface area contributed by atoms with Crippen LogP contribution in [0.5, 0.6) is 5.75 Å². The molecule has 0 aliphatic carbocycles. The number of carbonyl (C=O) groups excluding carboxylic acids is 2. The van der Waals surface area contributed by atoms with Gasteiger partial charge in [-0.15, -0.1) is 0 Å². The molecule has 0 saturated carbocycles. The van der Waals surface area contributed by atoms with Gasteiger partial charge in [-0.25, -0.2) is 0 Å². The summed E-state index contributed by atoms with van der Waals surface area (Å²) in [5.74, 6) is 0.369. The molecule has 0 saturated heterocycles. The number of likely N-dealkylation sites (N-methyl/N-ethyl adjacent to an activating group) is 1. The zero-order chi connectivity index (χ0) is 18.9. The molecule has 0 atom stereocenters. The van der Waals surface area contributed by atoms with Crippen LogP contribution in [0.3, 0.4) is 0 Å². The summed E-state index contributed by atoms with van der Waals surface area (Å²) in [5.41, 5.74) is 0.474. The Bertz CT molecular complexity index is 565. The van der Waals surface area contributed by atoms with Gasteiger partial charge in [0.1, 0.15) is 18.9 Å². The van der Waals surface area contributed by atoms with Crippen LogP contribution in [-0.4, -0.2) is 63.8 Å². The third kappa shape index (κ3) is 9.10. The maximum Gasteiger partial charge on any atom is 0.307 e. The summed E-state index contributed by atoms with van der Waals surface area (Å²) in [6.07, 6.45) is 0.151. The lowest BCUT2D eigenvalue weighted by Gasteiger charge is -2.23. The van der Waals surface area contributed by atoms with E-state index in [0.717, 1.165) is 11.0 Å². The van der Waals surface area contributed by atoms with Crippen molar-refractivity contribution < 1.29 is 23.5 Å². The molecule has 0 aromatic heterocycles. The number of carbonyl (C=O) groups is 2. The minimum absolute atomic E-state index is 0.151. The Kier molecular flexibility index (Phi) is 8.41. The van der Waals surface area contributed by atoms with E-state index in [-0.39, 0.29) is 24.8 Å². The van der Waals surface area contributed by atoms with Gasteiger partial charge < -0.3 is 19.3 Å². The number of quaternary nitrogens is 1. The van der Waals surface area contributed by atoms with Crippen molar-refractivity contribution in [3.8, 4) is 5.75 Å². The maximum absolute atomic E-state index is 12.3. The van der Waals surface area contributed by atoms with Gasteiger partial charge in [-0.3, -0.25) is 9.59 Å². The number of para-hydroxylation sites is 1. The maximum atomic E-state index is 12.3. The summed E-state index contributed by atoms with van der Waals surface area (Å²) in [6.45, 7) is 6.00. The molecular weight excluding hydrogens is 320 g/mol. The van der Waals surface area contributed by atoms with E-state index in [2.05, 4.69) is 5.32 Å². The number of nitrogens with one attached hydrogen (secondary N) is 1. The molecule has 0 radical (unpaired) electrons. The zero-order valence-electron chi connectivity index (χ0n) is 16.0. The van der Waals surface area contributed by atoms with Gasteiger partial charge >= 0.3 is 5.97 Å². The number of ether oxygens (including phenoxy) is 2. The SMILES string of the molecule is CC(C)COc1ccccc1C(=O)NCCC(=O)OCC[N+](C)(C)C. The molecule has 1 rings (SSSR count). The third-order valence-corrected chi connectivity index (χ3v) is 3.34. The van der Waals surface area contributed by atoms with Gasteiger partial charge in [0, 0.05) is 6.54 Å². The van der Waals surface area contributed by atoms with Crippen LogP contribution in [0.2, 0.25) is 0 Å². The van der Waals surface area contributed by atoms with E-state index in [1.54, 1.807) is 18.2 Å². The first-order chi connectivity index (χ1) is 11.7. The van der Waals surface area contributed by atoms with E-state index in [0.29, 0.717) is 30.4 Å². The second-order valence-electron chi connectivity index (χ2n) is 7.44. The van der Waals surface area contributed by atoms with Crippen molar-refractivity contribution in [1.29, 1.82) is 0 Å². The molecule has 140 valence electrons. The second-order valence-corrected chi connectivity index (χ2v) is 7.44. The first-order valence-corrected chi connectivity index (χ1v) is 8.65. The van der Waals surface area contributed by atoms with Crippen LogP contribution in [0.15, 0.2) is 24.3 Å². The van der Waals surface area contributed by atoms with Crippen LogP contribution in [0.25, 0.3) is 0 Å². The number of rotatable bonds is 10. The van der Waals surface area contributed by atoms with E-state index < -0.39 is 0 Å². The molecule has 0 aliphatic heterocycles. The summed E-state index contributed by atoms with van der Waals surface area (Å²) in [6, 6.07) is 7.11. The molecule has 1 aromatic carbocycles. The number of esters is 1. The average molecular weight is 351 g/mol. The van der Waals surface area contributed by atoms with E-state index in [9.17, 15) is 9.59 Å². The highest BCUT2D eigenvalue weighted by Crippen LogP contribution is 2.18. The Morgan fingerprint density at radius 2 is 1.84 bits per heavy atom. The standard InChI is InChI=1S/C19H30N2O4/c1-15(2)14-25-17-9-7-6-8-16(17)19(23)20-11-10-18(22)24-13-12-21(3,4)5/h6-9,15H,10-14H2,1-5H3/p+1. The van der Waals surface area contributed by atoms with Gasteiger partial charge in [0.2, 0.25) is 0 Å². The van der Waals surface area contributed by atoms with Crippen LogP contribution < -0.4 is 10.1 Å². The summed E-state index contributed by atoms with van der Waals surface area (Å²) in [7, 11) is 6.10. The van der Waals surface area contributed by atoms with Crippen molar-refractivity contribution in [3.63, 3.8) is 0 Å². The van der Waals surface area contributed by atoms with Gasteiger partial charge in [0.05, 0.1) is 39.7 Å². The van der Waals surface area contributed by atoms with Gasteiger partial charge in [0.25, 0.3) is 5.91 Å². The first-order valence-electron chi connectivity index (χ1n) is 8.65. The summed E-state index contributed by atoms with van der Waals surface area (Å²) < 4.78 is 11.6. The average Bonchev–Trinajstić information content (AvgIpc) is 2.51. The van der Waals surface area contributed by atoms with E-state index >= 15 is 0 Å². The van der Waals surface area contributed by atoms with E-state index in [4.69, 9.17) is 9.47 Å². The van der Waals surface area contributed by atoms with Crippen molar-refractivity contribution in [2.45, 2.75) is 20.3 Å². The fourth-order valence-corrected chi connectivity index (χ4v) is 1.92. The molecule has 6 nitrogen and oxygen atoms in total. The van der Waals surface area contributed by atoms with Gasteiger partial charge in [-0.1, -0.05) is 26.0 Å². The van der Waals surface area contributed by atoms with Crippen LogP contribution >= 0.6 is 0 Å². The Labute approximate surface area is 150 Å². The number of nitrogens with zero attached hydrogens (tertiary/aromatic N) is 1. The van der Waals surface area contributed by atoms with Crippen LogP contribution in [0.4, 0.5) is 0 Å². The lowest BCUT2D eigenvalue weighted by atomic mass is 10.2. The Hall–Kier alpha value is -2.08. The minimum Gasteiger partial charge on any atom is -0.492 e. The van der Waals surface area contributed by atoms with E-state index in [1.165, 1.54) is 0 Å². The summed E-state index contributed by atoms with van der Waals surface area (Å²) >= 11 is 0. The summed E-state index contributed by atoms with van der Waals surface area (Å²) in [5, 5.41) is 2.74. The highest BCUT2D eigenvalue weighted by atomic mass is 16.5. The van der Waals surface area contributed by atoms with Crippen molar-refractivity contribution in [2.75, 3.05) is 47.4 Å². The summed E-state index contributed by atoms with van der Waals surface area (Å²) in [4.78, 5) is 24.0. The molecule has 1 aromatic rings. The number of amides is 1. The van der Waals surface area contributed by atoms with Gasteiger partial charge in [-0.2, -0.15) is 0 Å². The molecular formula is C19H31N2O4+. The molecule has 25 heavy (non-hydrogen) atoms. The quantitative estimate of drug-likeness (QED) is 0.518. The molecule has 1 N–H and O–H groups in total. The predicted octanol–water partition coefficient (Wildman–Crippen LogP) is 2.09. The number of hydrogen-bond acceptors (Lipinski definition) is 4. The Balaban J connectivity index is 2.40. The number of hydrogen-bond donors (Lipinski definition) is 1. The predicted molar refractivity (Wildman–Crippen MR) is 97.6 cm³/mol. The first kappa shape index (κ1) is 21.0. The molecule has 0 aliphatic rings. The molecule has 0 bridgehead atoms. The smallest absolute Gasteiger partial charge is 0.307 e. The fourth-order valence-electron chi connectivity index (χ4n) is 1.92. The largest absolute Gasteiger partial charge is 0.492 e. The highest BCUT2D eigenvalue weighted by molar-refractivity contribution is 5.97. The van der Waals surface area contributed by atoms with Crippen molar-refractivity contribution in [3.05, 3.63) is 29.8 Å². The normalized spacial score (nSPS) is 11.3.